The third-order valence-electron chi connectivity index (χ3n) is 7.73. The van der Waals surface area contributed by atoms with Gasteiger partial charge in [0, 0.05) is 22.8 Å². The van der Waals surface area contributed by atoms with Crippen LogP contribution in [-0.4, -0.2) is 25.5 Å². The summed E-state index contributed by atoms with van der Waals surface area (Å²) >= 11 is 6.71. The van der Waals surface area contributed by atoms with Crippen LogP contribution >= 0.6 is 11.6 Å². The Morgan fingerprint density at radius 1 is 1.17 bits per heavy atom. The summed E-state index contributed by atoms with van der Waals surface area (Å²) in [6.45, 7) is 0. The highest BCUT2D eigenvalue weighted by Gasteiger charge is 2.56. The van der Waals surface area contributed by atoms with Crippen LogP contribution in [0.4, 0.5) is 15.8 Å². The topological polar surface area (TPSA) is 91.5 Å². The van der Waals surface area contributed by atoms with Gasteiger partial charge in [-0.15, -0.1) is 5.10 Å². The number of hydrogen-bond acceptors (Lipinski definition) is 6. The summed E-state index contributed by atoms with van der Waals surface area (Å²) in [6.07, 6.45) is 9.15. The van der Waals surface area contributed by atoms with Gasteiger partial charge in [0.1, 0.15) is 17.6 Å². The first-order valence-electron chi connectivity index (χ1n) is 12.2. The lowest BCUT2D eigenvalue weighted by molar-refractivity contribution is 0.00222. The fraction of sp³-hybridized carbons (Fsp3) is 0.333. The van der Waals surface area contributed by atoms with E-state index in [0.29, 0.717) is 22.1 Å². The number of pyridine rings is 1. The molecule has 9 heteroatoms. The number of anilines is 2. The molecule has 2 heterocycles. The summed E-state index contributed by atoms with van der Waals surface area (Å²) in [5.74, 6) is 0.504. The predicted octanol–water partition coefficient (Wildman–Crippen LogP) is 5.99. The third kappa shape index (κ3) is 3.58. The van der Waals surface area contributed by atoms with Crippen LogP contribution in [0, 0.1) is 23.1 Å². The van der Waals surface area contributed by atoms with Gasteiger partial charge in [-0.05, 0) is 67.9 Å². The van der Waals surface area contributed by atoms with Crippen molar-refractivity contribution >= 4 is 33.9 Å². The van der Waals surface area contributed by atoms with Crippen LogP contribution in [0.2, 0.25) is 5.02 Å². The molecule has 8 rings (SSSR count). The predicted molar refractivity (Wildman–Crippen MR) is 135 cm³/mol. The van der Waals surface area contributed by atoms with E-state index in [1.54, 1.807) is 18.3 Å². The number of benzene rings is 2. The van der Waals surface area contributed by atoms with Crippen LogP contribution in [0.3, 0.4) is 0 Å². The van der Waals surface area contributed by atoms with Crippen molar-refractivity contribution in [2.24, 2.45) is 5.92 Å². The minimum atomic E-state index is -0.368. The Morgan fingerprint density at radius 3 is 2.61 bits per heavy atom. The van der Waals surface area contributed by atoms with Gasteiger partial charge in [-0.1, -0.05) is 28.9 Å². The van der Waals surface area contributed by atoms with Gasteiger partial charge < -0.3 is 10.6 Å². The monoisotopic (exact) mass is 499 g/mol. The van der Waals surface area contributed by atoms with E-state index in [-0.39, 0.29) is 17.4 Å². The van der Waals surface area contributed by atoms with Crippen LogP contribution in [-0.2, 0) is 0 Å². The highest BCUT2D eigenvalue weighted by atomic mass is 35.5. The maximum Gasteiger partial charge on any atom is 0.123 e. The van der Waals surface area contributed by atoms with E-state index in [9.17, 15) is 9.65 Å². The number of hydrogen-bond donors (Lipinski definition) is 2. The minimum Gasteiger partial charge on any atom is -0.378 e. The summed E-state index contributed by atoms with van der Waals surface area (Å²) in [5.41, 5.74) is 4.35. The molecule has 7 nitrogen and oxygen atoms in total. The molecule has 2 bridgehead atoms. The maximum atomic E-state index is 13.7. The molecular formula is C27H23ClFN7. The normalized spacial score (nSPS) is 22.9. The summed E-state index contributed by atoms with van der Waals surface area (Å²) in [4.78, 5) is 4.49. The molecule has 4 aliphatic rings. The summed E-state index contributed by atoms with van der Waals surface area (Å²) in [7, 11) is 0. The SMILES string of the molecule is N#Cc1cnc2c(Cl)cc(NC(c3ccc(F)cc3)c3cn(C4CC4)nn3)cc2c1NC12CC(C1)C2. The molecule has 4 fully saturated rings. The van der Waals surface area contributed by atoms with Crippen molar-refractivity contribution in [2.45, 2.75) is 49.7 Å². The molecule has 36 heavy (non-hydrogen) atoms. The molecule has 2 aromatic carbocycles. The largest absolute Gasteiger partial charge is 0.378 e. The van der Waals surface area contributed by atoms with Crippen molar-refractivity contribution < 1.29 is 4.39 Å². The number of nitrogens with zero attached hydrogens (tertiary/aromatic N) is 5. The molecule has 0 radical (unpaired) electrons. The molecule has 180 valence electrons. The van der Waals surface area contributed by atoms with Gasteiger partial charge >= 0.3 is 0 Å². The van der Waals surface area contributed by atoms with E-state index in [1.165, 1.54) is 12.1 Å². The van der Waals surface area contributed by atoms with E-state index < -0.39 is 0 Å². The maximum absolute atomic E-state index is 13.7. The Bertz CT molecular complexity index is 1520. The molecule has 4 aliphatic carbocycles. The summed E-state index contributed by atoms with van der Waals surface area (Å²) < 4.78 is 15.6. The Morgan fingerprint density at radius 2 is 1.94 bits per heavy atom. The number of nitrogens with one attached hydrogen (secondary N) is 2. The zero-order valence-electron chi connectivity index (χ0n) is 19.4. The minimum absolute atomic E-state index is 0.0818. The number of fused-ring (bicyclic) bond motifs is 1. The van der Waals surface area contributed by atoms with E-state index in [0.717, 1.165) is 66.0 Å². The van der Waals surface area contributed by atoms with Crippen LogP contribution < -0.4 is 10.6 Å². The number of nitriles is 1. The number of rotatable bonds is 7. The lowest BCUT2D eigenvalue weighted by Crippen LogP contribution is -2.63. The van der Waals surface area contributed by atoms with Gasteiger partial charge in [-0.25, -0.2) is 9.07 Å². The quantitative estimate of drug-likeness (QED) is 0.324. The van der Waals surface area contributed by atoms with Gasteiger partial charge in [0.05, 0.1) is 40.1 Å². The van der Waals surface area contributed by atoms with Crippen molar-refractivity contribution in [2.75, 3.05) is 10.6 Å². The van der Waals surface area contributed by atoms with E-state index in [2.05, 4.69) is 32.0 Å². The van der Waals surface area contributed by atoms with E-state index in [1.807, 2.05) is 23.0 Å². The van der Waals surface area contributed by atoms with E-state index >= 15 is 0 Å². The molecule has 1 unspecified atom stereocenters. The lowest BCUT2D eigenvalue weighted by atomic mass is 9.50. The average Bonchev–Trinajstić information content (AvgIpc) is 3.56. The standard InChI is InChI=1S/C27H23ClFN7/c28-22-8-19(7-21-24(17(12-30)13-31-26(21)22)33-27-9-15(10-27)11-27)32-25(16-1-3-18(29)4-2-16)23-14-36(35-34-23)20-5-6-20/h1-4,7-8,13-15,20,25,32H,5-6,9-11H2,(H,31,33). The Labute approximate surface area is 212 Å². The first-order valence-corrected chi connectivity index (χ1v) is 12.6. The second kappa shape index (κ2) is 7.90. The molecule has 2 N–H and O–H groups in total. The highest BCUT2D eigenvalue weighted by Crippen LogP contribution is 2.59. The van der Waals surface area contributed by atoms with Crippen molar-refractivity contribution in [3.05, 3.63) is 76.5 Å². The number of halogens is 2. The van der Waals surface area contributed by atoms with Crippen LogP contribution in [0.25, 0.3) is 10.9 Å². The molecule has 2 aromatic heterocycles. The first-order chi connectivity index (χ1) is 17.5. The molecular weight excluding hydrogens is 477 g/mol. The van der Waals surface area contributed by atoms with Gasteiger partial charge in [-0.2, -0.15) is 5.26 Å². The smallest absolute Gasteiger partial charge is 0.123 e. The molecule has 4 saturated carbocycles. The first kappa shape index (κ1) is 21.6. The molecule has 1 atom stereocenters. The highest BCUT2D eigenvalue weighted by molar-refractivity contribution is 6.35. The van der Waals surface area contributed by atoms with Gasteiger partial charge in [0.25, 0.3) is 0 Å². The molecule has 0 aliphatic heterocycles. The average molecular weight is 500 g/mol. The van der Waals surface area contributed by atoms with Crippen molar-refractivity contribution in [1.29, 1.82) is 5.26 Å². The fourth-order valence-corrected chi connectivity index (χ4v) is 5.82. The molecule has 4 aromatic rings. The lowest BCUT2D eigenvalue weighted by Gasteiger charge is -2.62. The van der Waals surface area contributed by atoms with Gasteiger partial charge in [-0.3, -0.25) is 4.98 Å². The molecule has 0 amide bonds. The zero-order valence-corrected chi connectivity index (χ0v) is 20.1. The van der Waals surface area contributed by atoms with E-state index in [4.69, 9.17) is 11.6 Å². The number of aromatic nitrogens is 4. The van der Waals surface area contributed by atoms with Crippen LogP contribution in [0.5, 0.6) is 0 Å². The Kier molecular flexibility index (Phi) is 4.74. The van der Waals surface area contributed by atoms with Crippen molar-refractivity contribution in [1.82, 2.24) is 20.0 Å². The van der Waals surface area contributed by atoms with Crippen LogP contribution in [0.15, 0.2) is 48.8 Å². The molecule has 0 saturated heterocycles. The fourth-order valence-electron chi connectivity index (χ4n) is 5.55. The van der Waals surface area contributed by atoms with Gasteiger partial charge in [0.15, 0.2) is 0 Å². The summed E-state index contributed by atoms with van der Waals surface area (Å²) in [6, 6.07) is 12.5. The second-order valence-corrected chi connectivity index (χ2v) is 10.8. The molecule has 0 spiro atoms. The van der Waals surface area contributed by atoms with Gasteiger partial charge in [0.2, 0.25) is 0 Å². The second-order valence-electron chi connectivity index (χ2n) is 10.4. The summed E-state index contributed by atoms with van der Waals surface area (Å²) in [5, 5.41) is 27.1. The Balaban J connectivity index is 1.30. The third-order valence-corrected chi connectivity index (χ3v) is 8.02. The Hall–Kier alpha value is -3.70. The van der Waals surface area contributed by atoms with Crippen molar-refractivity contribution in [3.8, 4) is 6.07 Å². The zero-order chi connectivity index (χ0) is 24.4. The van der Waals surface area contributed by atoms with Crippen molar-refractivity contribution in [3.63, 3.8) is 0 Å². The van der Waals surface area contributed by atoms with Crippen LogP contribution in [0.1, 0.15) is 61.0 Å².